The van der Waals surface area contributed by atoms with Crippen molar-refractivity contribution in [2.75, 3.05) is 0 Å². The number of fused-ring (bicyclic) bond motifs is 1. The number of aryl methyl sites for hydroxylation is 1. The van der Waals surface area contributed by atoms with Crippen molar-refractivity contribution in [3.05, 3.63) is 118 Å². The van der Waals surface area contributed by atoms with Crippen LogP contribution in [-0.4, -0.2) is 20.1 Å². The van der Waals surface area contributed by atoms with Crippen LogP contribution in [0.25, 0.3) is 16.5 Å². The van der Waals surface area contributed by atoms with Gasteiger partial charge >= 0.3 is 0 Å². The third-order valence-corrected chi connectivity index (χ3v) is 8.01. The number of allylic oxidation sites excluding steroid dienone is 4. The van der Waals surface area contributed by atoms with E-state index in [0.29, 0.717) is 28.7 Å². The molecule has 5 rings (SSSR count). The fraction of sp³-hybridized carbons (Fsp3) is 0.286. The van der Waals surface area contributed by atoms with Crippen LogP contribution in [-0.2, 0) is 12.0 Å². The Morgan fingerprint density at radius 3 is 2.74 bits per heavy atom. The maximum Gasteiger partial charge on any atom is 0.169 e. The number of benzene rings is 2. The van der Waals surface area contributed by atoms with Crippen molar-refractivity contribution >= 4 is 16.5 Å². The standard InChI is InChI=1S/C35H34F2N4O2/c1-23-9-8-10-24(19-23)35(2,16-6-4-3-5-7-17-38)32-21-40-34(41-32)27-13-11-25(12-14-29(27)36)43-33-28(22-42)26-15-18-39-31(26)20-30(33)37/h8-12,14-15,18-21,39,42H,3-7,16,22H2,1-2H3,(H,40,41). The lowest BCUT2D eigenvalue weighted by Gasteiger charge is -2.30. The topological polar surface area (TPSA) is 97.7 Å². The molecule has 0 saturated carbocycles. The number of unbranched alkanes of at least 4 members (excludes halogenated alkanes) is 4. The Balaban J connectivity index is 1.43. The van der Waals surface area contributed by atoms with Gasteiger partial charge in [0.05, 0.1) is 18.2 Å². The zero-order chi connectivity index (χ0) is 30.4. The minimum atomic E-state index is -0.651. The molecule has 1 aliphatic carbocycles. The smallest absolute Gasteiger partial charge is 0.169 e. The number of nitrogens with one attached hydrogen (secondary N) is 2. The quantitative estimate of drug-likeness (QED) is 0.116. The first-order chi connectivity index (χ1) is 20.8. The van der Waals surface area contributed by atoms with E-state index in [2.05, 4.69) is 58.8 Å². The van der Waals surface area contributed by atoms with E-state index in [1.165, 1.54) is 24.3 Å². The normalized spacial score (nSPS) is 14.5. The summed E-state index contributed by atoms with van der Waals surface area (Å²) in [4.78, 5) is 10.8. The van der Waals surface area contributed by atoms with Crippen LogP contribution in [0.3, 0.4) is 0 Å². The largest absolute Gasteiger partial charge is 0.453 e. The summed E-state index contributed by atoms with van der Waals surface area (Å²) in [6.45, 7) is 3.79. The summed E-state index contributed by atoms with van der Waals surface area (Å²) in [6, 6.07) is 13.6. The van der Waals surface area contributed by atoms with E-state index in [-0.39, 0.29) is 17.1 Å². The molecular weight excluding hydrogens is 546 g/mol. The van der Waals surface area contributed by atoms with Crippen LogP contribution in [0.15, 0.2) is 84.3 Å². The molecule has 0 radical (unpaired) electrons. The number of aliphatic hydroxyl groups is 1. The second-order valence-corrected chi connectivity index (χ2v) is 11.0. The summed E-state index contributed by atoms with van der Waals surface area (Å²) in [5.74, 6) is -0.880. The van der Waals surface area contributed by atoms with Crippen molar-refractivity contribution < 1.29 is 18.6 Å². The van der Waals surface area contributed by atoms with Crippen LogP contribution >= 0.6 is 0 Å². The molecule has 1 atom stereocenters. The summed E-state index contributed by atoms with van der Waals surface area (Å²) >= 11 is 0. The molecule has 8 heteroatoms. The molecule has 0 bridgehead atoms. The second-order valence-electron chi connectivity index (χ2n) is 11.0. The first-order valence-electron chi connectivity index (χ1n) is 14.5. The highest BCUT2D eigenvalue weighted by Crippen LogP contribution is 2.38. The van der Waals surface area contributed by atoms with Gasteiger partial charge in [-0.25, -0.2) is 13.8 Å². The van der Waals surface area contributed by atoms with Crippen LogP contribution in [0, 0.1) is 24.1 Å². The molecule has 1 unspecified atom stereocenters. The molecule has 0 saturated heterocycles. The van der Waals surface area contributed by atoms with Crippen LogP contribution < -0.4 is 4.74 Å². The lowest BCUT2D eigenvalue weighted by molar-refractivity contribution is 0.275. The lowest BCUT2D eigenvalue weighted by Crippen LogP contribution is -2.24. The first-order valence-corrected chi connectivity index (χ1v) is 14.5. The summed E-state index contributed by atoms with van der Waals surface area (Å²) < 4.78 is 36.1. The third-order valence-electron chi connectivity index (χ3n) is 8.01. The van der Waals surface area contributed by atoms with Gasteiger partial charge in [0, 0.05) is 58.5 Å². The Morgan fingerprint density at radius 2 is 1.95 bits per heavy atom. The zero-order valence-corrected chi connectivity index (χ0v) is 24.3. The maximum absolute atomic E-state index is 15.4. The van der Waals surface area contributed by atoms with Crippen molar-refractivity contribution in [3.8, 4) is 11.8 Å². The van der Waals surface area contributed by atoms with Crippen molar-refractivity contribution in [1.82, 2.24) is 15.0 Å². The van der Waals surface area contributed by atoms with Gasteiger partial charge in [0.25, 0.3) is 0 Å². The summed E-state index contributed by atoms with van der Waals surface area (Å²) in [5, 5.41) is 19.4. The van der Waals surface area contributed by atoms with Crippen LogP contribution in [0.1, 0.15) is 73.7 Å². The molecule has 0 spiro atoms. The third kappa shape index (κ3) is 6.39. The average molecular weight is 581 g/mol. The fourth-order valence-electron chi connectivity index (χ4n) is 5.54. The molecule has 2 heterocycles. The molecule has 6 nitrogen and oxygen atoms in total. The van der Waals surface area contributed by atoms with Crippen molar-refractivity contribution in [3.63, 3.8) is 0 Å². The van der Waals surface area contributed by atoms with E-state index in [9.17, 15) is 9.50 Å². The lowest BCUT2D eigenvalue weighted by atomic mass is 9.75. The number of imidazole rings is 1. The number of hydrogen-bond acceptors (Lipinski definition) is 4. The highest BCUT2D eigenvalue weighted by Gasteiger charge is 2.31. The predicted molar refractivity (Wildman–Crippen MR) is 163 cm³/mol. The van der Waals surface area contributed by atoms with Crippen LogP contribution in [0.4, 0.5) is 8.78 Å². The number of nitrogens with zero attached hydrogens (tertiary/aromatic N) is 2. The molecule has 4 aromatic rings. The predicted octanol–water partition coefficient (Wildman–Crippen LogP) is 8.37. The number of aromatic amines is 2. The Kier molecular flexibility index (Phi) is 9.06. The van der Waals surface area contributed by atoms with E-state index < -0.39 is 23.7 Å². The fourth-order valence-corrected chi connectivity index (χ4v) is 5.54. The van der Waals surface area contributed by atoms with E-state index in [4.69, 9.17) is 10.00 Å². The number of H-pyrrole nitrogens is 2. The highest BCUT2D eigenvalue weighted by molar-refractivity contribution is 5.85. The zero-order valence-electron chi connectivity index (χ0n) is 24.3. The van der Waals surface area contributed by atoms with Gasteiger partial charge in [-0.3, -0.25) is 0 Å². The number of halogens is 2. The molecule has 43 heavy (non-hydrogen) atoms. The minimum Gasteiger partial charge on any atom is -0.453 e. The van der Waals surface area contributed by atoms with Crippen LogP contribution in [0.2, 0.25) is 0 Å². The Labute approximate surface area is 249 Å². The van der Waals surface area contributed by atoms with Gasteiger partial charge in [-0.05, 0) is 50.5 Å². The summed E-state index contributed by atoms with van der Waals surface area (Å²) in [5.41, 5.74) is 6.63. The average Bonchev–Trinajstić information content (AvgIpc) is 3.64. The monoisotopic (exact) mass is 580 g/mol. The van der Waals surface area contributed by atoms with Gasteiger partial charge in [0.2, 0.25) is 0 Å². The van der Waals surface area contributed by atoms with Gasteiger partial charge in [-0.15, -0.1) is 5.73 Å². The molecule has 2 aromatic carbocycles. The minimum absolute atomic E-state index is 0.119. The molecule has 1 aliphatic rings. The van der Waals surface area contributed by atoms with Gasteiger partial charge < -0.3 is 19.8 Å². The Hall–Kier alpha value is -4.70. The summed E-state index contributed by atoms with van der Waals surface area (Å²) in [6.07, 6.45) is 12.8. The molecule has 0 aliphatic heterocycles. The number of aliphatic hydroxyl groups excluding tert-OH is 1. The Morgan fingerprint density at radius 1 is 1.12 bits per heavy atom. The summed E-state index contributed by atoms with van der Waals surface area (Å²) in [7, 11) is 0. The molecule has 220 valence electrons. The molecule has 0 amide bonds. The van der Waals surface area contributed by atoms with Gasteiger partial charge in [0.1, 0.15) is 17.4 Å². The van der Waals surface area contributed by atoms with E-state index in [1.54, 1.807) is 18.5 Å². The second kappa shape index (κ2) is 13.1. The van der Waals surface area contributed by atoms with E-state index in [1.807, 2.05) is 6.07 Å². The number of nitriles is 1. The van der Waals surface area contributed by atoms with Crippen LogP contribution in [0.5, 0.6) is 5.75 Å². The maximum atomic E-state index is 15.4. The molecule has 2 aromatic heterocycles. The Bertz CT molecular complexity index is 1800. The van der Waals surface area contributed by atoms with Crippen molar-refractivity contribution in [2.24, 2.45) is 0 Å². The van der Waals surface area contributed by atoms with Gasteiger partial charge in [0.15, 0.2) is 11.6 Å². The van der Waals surface area contributed by atoms with Crippen molar-refractivity contribution in [2.45, 2.75) is 64.4 Å². The highest BCUT2D eigenvalue weighted by atomic mass is 19.1. The van der Waals surface area contributed by atoms with Gasteiger partial charge in [-0.1, -0.05) is 49.1 Å². The first kappa shape index (κ1) is 29.8. The molecule has 3 N–H and O–H groups in total. The number of ether oxygens (including phenoxy) is 1. The number of hydrogen-bond donors (Lipinski definition) is 3. The van der Waals surface area contributed by atoms with E-state index >= 15 is 4.39 Å². The molecule has 0 fully saturated rings. The molecular formula is C35H34F2N4O2. The van der Waals surface area contributed by atoms with Crippen molar-refractivity contribution in [1.29, 1.82) is 5.26 Å². The number of aromatic nitrogens is 3. The van der Waals surface area contributed by atoms with E-state index in [0.717, 1.165) is 48.9 Å². The number of rotatable bonds is 12. The SMILES string of the molecule is Cc1cccc(C(C)(CCCCCCC#N)c2cnc(C3=C=CC(Oc4c(F)cc5[nH]ccc5c4CO)=CC=C3F)[nH]2)c1. The van der Waals surface area contributed by atoms with Gasteiger partial charge in [-0.2, -0.15) is 5.26 Å².